The maximum atomic E-state index is 11.0. The number of rotatable bonds is 2. The molecule has 0 atom stereocenters. The van der Waals surface area contributed by atoms with Crippen LogP contribution in [0.5, 0.6) is 0 Å². The molecule has 0 aliphatic carbocycles. The first-order valence-corrected chi connectivity index (χ1v) is 10.8. The summed E-state index contributed by atoms with van der Waals surface area (Å²) in [6.07, 6.45) is 0. The molecule has 0 aromatic heterocycles. The van der Waals surface area contributed by atoms with Crippen molar-refractivity contribution in [2.45, 2.75) is 0 Å². The number of hydrogen-bond acceptors (Lipinski definition) is 4. The molecular weight excluding hydrogens is 488 g/mol. The molecule has 0 saturated heterocycles. The van der Waals surface area contributed by atoms with E-state index < -0.39 is 11.9 Å². The SMILES string of the molecule is O=C([O-])c1cccc2cc3ccccc3cc12.O=C([O-])c1cccc2cc3ccccc3cc12.[Cu+2]. The molecule has 6 aromatic carbocycles. The van der Waals surface area contributed by atoms with Gasteiger partial charge in [-0.3, -0.25) is 0 Å². The Morgan fingerprint density at radius 3 is 1.09 bits per heavy atom. The average molecular weight is 506 g/mol. The van der Waals surface area contributed by atoms with Gasteiger partial charge in [0.15, 0.2) is 0 Å². The predicted molar refractivity (Wildman–Crippen MR) is 132 cm³/mol. The van der Waals surface area contributed by atoms with E-state index in [0.29, 0.717) is 0 Å². The maximum Gasteiger partial charge on any atom is 2.00 e. The molecule has 1 radical (unpaired) electrons. The minimum Gasteiger partial charge on any atom is -0.545 e. The fourth-order valence-electron chi connectivity index (χ4n) is 4.29. The minimum absolute atomic E-state index is 0. The summed E-state index contributed by atoms with van der Waals surface area (Å²) in [5.74, 6) is -2.27. The van der Waals surface area contributed by atoms with Crippen LogP contribution in [0.1, 0.15) is 20.7 Å². The van der Waals surface area contributed by atoms with Crippen LogP contribution < -0.4 is 10.2 Å². The van der Waals surface area contributed by atoms with E-state index >= 15 is 0 Å². The maximum absolute atomic E-state index is 11.0. The molecule has 0 aliphatic heterocycles. The van der Waals surface area contributed by atoms with Crippen LogP contribution in [0, 0.1) is 0 Å². The summed E-state index contributed by atoms with van der Waals surface area (Å²) in [6, 6.07) is 34.0. The number of carbonyl (C=O) groups excluding carboxylic acids is 2. The van der Waals surface area contributed by atoms with E-state index in [1.165, 1.54) is 0 Å². The molecule has 0 unspecified atom stereocenters. The summed E-state index contributed by atoms with van der Waals surface area (Å²) in [6.45, 7) is 0. The van der Waals surface area contributed by atoms with Crippen molar-refractivity contribution in [3.63, 3.8) is 0 Å². The summed E-state index contributed by atoms with van der Waals surface area (Å²) in [4.78, 5) is 22.1. The fraction of sp³-hybridized carbons (Fsp3) is 0. The second kappa shape index (κ2) is 9.98. The van der Waals surface area contributed by atoms with E-state index in [-0.39, 0.29) is 28.2 Å². The van der Waals surface area contributed by atoms with Crippen molar-refractivity contribution >= 4 is 55.0 Å². The van der Waals surface area contributed by atoms with Gasteiger partial charge < -0.3 is 19.8 Å². The van der Waals surface area contributed by atoms with Crippen LogP contribution in [0.4, 0.5) is 0 Å². The molecule has 0 amide bonds. The van der Waals surface area contributed by atoms with Gasteiger partial charge in [0.05, 0.1) is 11.9 Å². The van der Waals surface area contributed by atoms with Gasteiger partial charge in [0.1, 0.15) is 0 Å². The number of fused-ring (bicyclic) bond motifs is 4. The third kappa shape index (κ3) is 4.73. The van der Waals surface area contributed by atoms with Gasteiger partial charge in [0, 0.05) is 11.1 Å². The van der Waals surface area contributed by atoms with Crippen molar-refractivity contribution in [3.8, 4) is 0 Å². The summed E-state index contributed by atoms with van der Waals surface area (Å²) in [5, 5.41) is 29.7. The summed E-state index contributed by atoms with van der Waals surface area (Å²) in [5.41, 5.74) is 0.488. The molecule has 6 aromatic rings. The Kier molecular flexibility index (Phi) is 6.83. The van der Waals surface area contributed by atoms with Gasteiger partial charge in [-0.2, -0.15) is 0 Å². The van der Waals surface area contributed by atoms with Crippen molar-refractivity contribution in [1.82, 2.24) is 0 Å². The van der Waals surface area contributed by atoms with E-state index in [0.717, 1.165) is 43.1 Å². The zero-order valence-electron chi connectivity index (χ0n) is 18.3. The van der Waals surface area contributed by atoms with Crippen LogP contribution in [0.25, 0.3) is 43.1 Å². The molecule has 0 bridgehead atoms. The van der Waals surface area contributed by atoms with E-state index in [9.17, 15) is 19.8 Å². The first kappa shape index (κ1) is 24.0. The van der Waals surface area contributed by atoms with E-state index in [1.54, 1.807) is 24.3 Å². The largest absolute Gasteiger partial charge is 2.00 e. The third-order valence-corrected chi connectivity index (χ3v) is 5.93. The Morgan fingerprint density at radius 2 is 0.743 bits per heavy atom. The Morgan fingerprint density at radius 1 is 0.429 bits per heavy atom. The van der Waals surface area contributed by atoms with Crippen molar-refractivity contribution in [2.75, 3.05) is 0 Å². The molecule has 173 valence electrons. The second-order valence-corrected chi connectivity index (χ2v) is 8.03. The molecule has 0 N–H and O–H groups in total. The van der Waals surface area contributed by atoms with Gasteiger partial charge in [-0.05, 0) is 67.4 Å². The topological polar surface area (TPSA) is 80.3 Å². The van der Waals surface area contributed by atoms with Crippen molar-refractivity contribution in [1.29, 1.82) is 0 Å². The van der Waals surface area contributed by atoms with Crippen molar-refractivity contribution in [2.24, 2.45) is 0 Å². The first-order valence-electron chi connectivity index (χ1n) is 10.8. The predicted octanol–water partition coefficient (Wildman–Crippen LogP) is 4.71. The fourth-order valence-corrected chi connectivity index (χ4v) is 4.29. The Balaban J connectivity index is 0.000000160. The number of carboxylic acid groups (broad SMARTS) is 2. The second-order valence-electron chi connectivity index (χ2n) is 8.03. The third-order valence-electron chi connectivity index (χ3n) is 5.93. The van der Waals surface area contributed by atoms with Gasteiger partial charge in [-0.1, -0.05) is 84.9 Å². The molecular formula is C30H18CuO4. The van der Waals surface area contributed by atoms with Gasteiger partial charge in [-0.25, -0.2) is 0 Å². The van der Waals surface area contributed by atoms with E-state index in [1.807, 2.05) is 84.9 Å². The van der Waals surface area contributed by atoms with Crippen LogP contribution >= 0.6 is 0 Å². The summed E-state index contributed by atoms with van der Waals surface area (Å²) in [7, 11) is 0. The van der Waals surface area contributed by atoms with Crippen LogP contribution in [0.3, 0.4) is 0 Å². The standard InChI is InChI=1S/2C15H10O2.Cu/c2*16-15(17)13-7-3-6-12-8-10-4-1-2-5-11(10)9-14(12)13;/h2*1-9H,(H,16,17);/q;;+2/p-2. The van der Waals surface area contributed by atoms with Crippen LogP contribution in [-0.2, 0) is 17.1 Å². The summed E-state index contributed by atoms with van der Waals surface area (Å²) >= 11 is 0. The zero-order valence-corrected chi connectivity index (χ0v) is 19.3. The first-order chi connectivity index (χ1) is 16.5. The van der Waals surface area contributed by atoms with Crippen molar-refractivity contribution in [3.05, 3.63) is 120 Å². The smallest absolute Gasteiger partial charge is 0.545 e. The number of hydrogen-bond donors (Lipinski definition) is 0. The molecule has 4 nitrogen and oxygen atoms in total. The molecule has 5 heteroatoms. The van der Waals surface area contributed by atoms with Crippen molar-refractivity contribution < 1.29 is 36.9 Å². The number of aromatic carboxylic acids is 2. The number of benzene rings is 6. The number of carboxylic acids is 2. The molecule has 0 fully saturated rings. The molecule has 0 saturated carbocycles. The monoisotopic (exact) mass is 505 g/mol. The minimum atomic E-state index is -1.13. The Labute approximate surface area is 211 Å². The molecule has 35 heavy (non-hydrogen) atoms. The molecule has 6 rings (SSSR count). The van der Waals surface area contributed by atoms with E-state index in [2.05, 4.69) is 0 Å². The van der Waals surface area contributed by atoms with Gasteiger partial charge in [0.25, 0.3) is 0 Å². The molecule has 0 aliphatic rings. The quantitative estimate of drug-likeness (QED) is 0.252. The Bertz CT molecular complexity index is 1590. The zero-order chi connectivity index (χ0) is 23.7. The summed E-state index contributed by atoms with van der Waals surface area (Å²) < 4.78 is 0. The van der Waals surface area contributed by atoms with Crippen LogP contribution in [0.2, 0.25) is 0 Å². The average Bonchev–Trinajstić information content (AvgIpc) is 2.85. The normalized spacial score (nSPS) is 10.5. The van der Waals surface area contributed by atoms with Crippen LogP contribution in [0.15, 0.2) is 109 Å². The van der Waals surface area contributed by atoms with Gasteiger partial charge >= 0.3 is 17.1 Å². The number of carbonyl (C=O) groups is 2. The molecule has 0 spiro atoms. The van der Waals surface area contributed by atoms with Gasteiger partial charge in [0.2, 0.25) is 0 Å². The molecule has 0 heterocycles. The van der Waals surface area contributed by atoms with Gasteiger partial charge in [-0.15, -0.1) is 0 Å². The van der Waals surface area contributed by atoms with Crippen LogP contribution in [-0.4, -0.2) is 11.9 Å². The Hall–Kier alpha value is -4.18. The van der Waals surface area contributed by atoms with E-state index in [4.69, 9.17) is 0 Å².